The van der Waals surface area contributed by atoms with Gasteiger partial charge in [-0.2, -0.15) is 0 Å². The number of benzene rings is 1. The topological polar surface area (TPSA) is 12.0 Å². The first-order valence-electron chi connectivity index (χ1n) is 6.44. The molecule has 0 radical (unpaired) electrons. The molecule has 1 nitrogen and oxygen atoms in total. The molecule has 0 atom stereocenters. The van der Waals surface area contributed by atoms with Crippen molar-refractivity contribution in [1.82, 2.24) is 0 Å². The van der Waals surface area contributed by atoms with Crippen LogP contribution in [0.1, 0.15) is 38.5 Å². The van der Waals surface area contributed by atoms with Crippen LogP contribution in [0.3, 0.4) is 0 Å². The van der Waals surface area contributed by atoms with Crippen molar-refractivity contribution in [2.24, 2.45) is 5.92 Å². The minimum absolute atomic E-state index is 0.279. The van der Waals surface area contributed by atoms with Crippen molar-refractivity contribution in [2.45, 2.75) is 38.5 Å². The molecular formula is C14H19F2N. The zero-order valence-electron chi connectivity index (χ0n) is 10.0. The first-order chi connectivity index (χ1) is 8.25. The third kappa shape index (κ3) is 3.69. The van der Waals surface area contributed by atoms with E-state index in [1.807, 2.05) is 0 Å². The Morgan fingerprint density at radius 3 is 2.65 bits per heavy atom. The molecule has 3 heteroatoms. The molecule has 0 spiro atoms. The highest BCUT2D eigenvalue weighted by Crippen LogP contribution is 2.26. The molecule has 1 saturated carbocycles. The van der Waals surface area contributed by atoms with Crippen LogP contribution in [0.25, 0.3) is 0 Å². The summed E-state index contributed by atoms with van der Waals surface area (Å²) in [6.45, 7) is 0.727. The van der Waals surface area contributed by atoms with Gasteiger partial charge in [0, 0.05) is 6.54 Å². The second kappa shape index (κ2) is 5.99. The van der Waals surface area contributed by atoms with Crippen molar-refractivity contribution in [3.05, 3.63) is 29.8 Å². The molecule has 0 saturated heterocycles. The molecule has 94 valence electrons. The summed E-state index contributed by atoms with van der Waals surface area (Å²) in [6.07, 6.45) is 7.61. The van der Waals surface area contributed by atoms with Gasteiger partial charge in [0.25, 0.3) is 0 Å². The van der Waals surface area contributed by atoms with Crippen LogP contribution in [0.2, 0.25) is 0 Å². The number of hydrogen-bond acceptors (Lipinski definition) is 1. The van der Waals surface area contributed by atoms with E-state index in [4.69, 9.17) is 0 Å². The average molecular weight is 239 g/mol. The molecule has 1 aliphatic rings. The molecule has 0 heterocycles. The highest BCUT2D eigenvalue weighted by Gasteiger charge is 2.13. The Hall–Kier alpha value is -1.12. The van der Waals surface area contributed by atoms with Gasteiger partial charge in [-0.3, -0.25) is 0 Å². The number of hydrogen-bond donors (Lipinski definition) is 1. The van der Waals surface area contributed by atoms with Gasteiger partial charge in [-0.1, -0.05) is 32.1 Å². The molecule has 1 fully saturated rings. The molecule has 1 aromatic rings. The van der Waals surface area contributed by atoms with Crippen LogP contribution in [0.5, 0.6) is 0 Å². The fourth-order valence-electron chi connectivity index (χ4n) is 2.52. The molecule has 0 aromatic heterocycles. The monoisotopic (exact) mass is 239 g/mol. The van der Waals surface area contributed by atoms with Crippen molar-refractivity contribution >= 4 is 5.69 Å². The van der Waals surface area contributed by atoms with Crippen molar-refractivity contribution < 1.29 is 8.78 Å². The molecule has 1 aliphatic carbocycles. The van der Waals surface area contributed by atoms with Crippen LogP contribution in [-0.4, -0.2) is 6.54 Å². The zero-order valence-corrected chi connectivity index (χ0v) is 10.0. The Morgan fingerprint density at radius 1 is 1.12 bits per heavy atom. The van der Waals surface area contributed by atoms with Crippen LogP contribution in [0.15, 0.2) is 18.2 Å². The van der Waals surface area contributed by atoms with E-state index >= 15 is 0 Å². The van der Waals surface area contributed by atoms with E-state index in [1.54, 1.807) is 0 Å². The summed E-state index contributed by atoms with van der Waals surface area (Å²) in [5.74, 6) is -0.0190. The van der Waals surface area contributed by atoms with E-state index < -0.39 is 5.82 Å². The van der Waals surface area contributed by atoms with E-state index in [-0.39, 0.29) is 11.5 Å². The maximum absolute atomic E-state index is 13.3. The van der Waals surface area contributed by atoms with Crippen molar-refractivity contribution in [3.8, 4) is 0 Å². The Bertz CT molecular complexity index is 359. The summed E-state index contributed by atoms with van der Waals surface area (Å²) in [4.78, 5) is 0. The molecule has 1 aromatic carbocycles. The van der Waals surface area contributed by atoms with Gasteiger partial charge >= 0.3 is 0 Å². The first-order valence-corrected chi connectivity index (χ1v) is 6.44. The Morgan fingerprint density at radius 2 is 1.88 bits per heavy atom. The predicted molar refractivity (Wildman–Crippen MR) is 66.0 cm³/mol. The highest BCUT2D eigenvalue weighted by molar-refractivity contribution is 5.44. The van der Waals surface area contributed by atoms with Crippen LogP contribution < -0.4 is 5.32 Å². The summed E-state index contributed by atoms with van der Waals surface area (Å²) in [5, 5.41) is 2.99. The van der Waals surface area contributed by atoms with Crippen LogP contribution >= 0.6 is 0 Å². The van der Waals surface area contributed by atoms with Gasteiger partial charge < -0.3 is 5.32 Å². The number of halogens is 2. The Labute approximate surface area is 101 Å². The van der Waals surface area contributed by atoms with E-state index in [1.165, 1.54) is 38.2 Å². The van der Waals surface area contributed by atoms with Crippen LogP contribution in [0, 0.1) is 17.6 Å². The first kappa shape index (κ1) is 12.3. The van der Waals surface area contributed by atoms with E-state index in [0.29, 0.717) is 0 Å². The summed E-state index contributed by atoms with van der Waals surface area (Å²) >= 11 is 0. The van der Waals surface area contributed by atoms with Crippen molar-refractivity contribution in [2.75, 3.05) is 11.9 Å². The van der Waals surface area contributed by atoms with E-state index in [0.717, 1.165) is 31.0 Å². The summed E-state index contributed by atoms with van der Waals surface area (Å²) in [5.41, 5.74) is 0.279. The summed E-state index contributed by atoms with van der Waals surface area (Å²) < 4.78 is 26.2. The summed E-state index contributed by atoms with van der Waals surface area (Å²) in [6, 6.07) is 3.52. The Kier molecular flexibility index (Phi) is 4.35. The minimum atomic E-state index is -0.397. The normalized spacial score (nSPS) is 17.1. The van der Waals surface area contributed by atoms with Gasteiger partial charge in [-0.15, -0.1) is 0 Å². The molecular weight excluding hydrogens is 220 g/mol. The van der Waals surface area contributed by atoms with Gasteiger partial charge in [0.15, 0.2) is 0 Å². The lowest BCUT2D eigenvalue weighted by Gasteiger charge is -2.21. The third-order valence-corrected chi connectivity index (χ3v) is 3.52. The fourth-order valence-corrected chi connectivity index (χ4v) is 2.52. The van der Waals surface area contributed by atoms with Gasteiger partial charge in [-0.05, 0) is 30.5 Å². The van der Waals surface area contributed by atoms with Gasteiger partial charge in [-0.25, -0.2) is 8.78 Å². The SMILES string of the molecule is Fc1ccc(F)c(NCCC2CCCCC2)c1. The van der Waals surface area contributed by atoms with Crippen molar-refractivity contribution in [1.29, 1.82) is 0 Å². The maximum Gasteiger partial charge on any atom is 0.146 e. The average Bonchev–Trinajstić information content (AvgIpc) is 2.35. The lowest BCUT2D eigenvalue weighted by Crippen LogP contribution is -2.12. The molecule has 1 N–H and O–H groups in total. The highest BCUT2D eigenvalue weighted by atomic mass is 19.1. The number of nitrogens with one attached hydrogen (secondary N) is 1. The maximum atomic E-state index is 13.3. The van der Waals surface area contributed by atoms with Crippen LogP contribution in [0.4, 0.5) is 14.5 Å². The molecule has 0 amide bonds. The summed E-state index contributed by atoms with van der Waals surface area (Å²) in [7, 11) is 0. The number of rotatable bonds is 4. The fraction of sp³-hybridized carbons (Fsp3) is 0.571. The molecule has 0 bridgehead atoms. The predicted octanol–water partition coefficient (Wildman–Crippen LogP) is 4.35. The van der Waals surface area contributed by atoms with Gasteiger partial charge in [0.05, 0.1) is 5.69 Å². The largest absolute Gasteiger partial charge is 0.383 e. The Balaban J connectivity index is 1.79. The van der Waals surface area contributed by atoms with Crippen LogP contribution in [-0.2, 0) is 0 Å². The second-order valence-electron chi connectivity index (χ2n) is 4.84. The molecule has 17 heavy (non-hydrogen) atoms. The standard InChI is InChI=1S/C14H19F2N/c15-12-6-7-13(16)14(10-12)17-9-8-11-4-2-1-3-5-11/h6-7,10-11,17H,1-5,8-9H2. The van der Waals surface area contributed by atoms with E-state index in [2.05, 4.69) is 5.32 Å². The van der Waals surface area contributed by atoms with Gasteiger partial charge in [0.1, 0.15) is 11.6 Å². The number of anilines is 1. The minimum Gasteiger partial charge on any atom is -0.383 e. The van der Waals surface area contributed by atoms with Crippen molar-refractivity contribution in [3.63, 3.8) is 0 Å². The third-order valence-electron chi connectivity index (χ3n) is 3.52. The molecule has 2 rings (SSSR count). The lowest BCUT2D eigenvalue weighted by atomic mass is 9.87. The molecule has 0 unspecified atom stereocenters. The zero-order chi connectivity index (χ0) is 12.1. The smallest absolute Gasteiger partial charge is 0.146 e. The molecule has 0 aliphatic heterocycles. The van der Waals surface area contributed by atoms with E-state index in [9.17, 15) is 8.78 Å². The quantitative estimate of drug-likeness (QED) is 0.823. The second-order valence-corrected chi connectivity index (χ2v) is 4.84. The lowest BCUT2D eigenvalue weighted by molar-refractivity contribution is 0.345. The van der Waals surface area contributed by atoms with Gasteiger partial charge in [0.2, 0.25) is 0 Å².